The van der Waals surface area contributed by atoms with E-state index in [1.54, 1.807) is 24.3 Å². The van der Waals surface area contributed by atoms with Gasteiger partial charge in [0, 0.05) is 24.5 Å². The van der Waals surface area contributed by atoms with Crippen molar-refractivity contribution in [3.8, 4) is 5.75 Å². The van der Waals surface area contributed by atoms with E-state index >= 15 is 0 Å². The summed E-state index contributed by atoms with van der Waals surface area (Å²) in [6.07, 6.45) is 0. The van der Waals surface area contributed by atoms with Crippen LogP contribution in [0.2, 0.25) is 0 Å². The van der Waals surface area contributed by atoms with Gasteiger partial charge in [-0.1, -0.05) is 35.9 Å². The number of aryl methyl sites for hydroxylation is 1. The second-order valence-corrected chi connectivity index (χ2v) is 8.62. The Bertz CT molecular complexity index is 1100. The van der Waals surface area contributed by atoms with Crippen LogP contribution in [-0.4, -0.2) is 34.6 Å². The van der Waals surface area contributed by atoms with Crippen LogP contribution in [0.5, 0.6) is 5.75 Å². The first kappa shape index (κ1) is 22.3. The summed E-state index contributed by atoms with van der Waals surface area (Å²) < 4.78 is 32.8. The van der Waals surface area contributed by atoms with Crippen molar-refractivity contribution in [3.05, 3.63) is 84.4 Å². The molecule has 3 rings (SSSR count). The van der Waals surface area contributed by atoms with Gasteiger partial charge in [-0.25, -0.2) is 17.9 Å². The van der Waals surface area contributed by atoms with Gasteiger partial charge in [0.1, 0.15) is 5.75 Å². The zero-order valence-electron chi connectivity index (χ0n) is 17.4. The summed E-state index contributed by atoms with van der Waals surface area (Å²) in [7, 11) is -2.20. The Hall–Kier alpha value is -3.36. The molecular weight excluding hydrogens is 414 g/mol. The molecule has 0 aliphatic heterocycles. The van der Waals surface area contributed by atoms with Gasteiger partial charge in [-0.3, -0.25) is 4.90 Å². The van der Waals surface area contributed by atoms with E-state index in [9.17, 15) is 13.2 Å². The van der Waals surface area contributed by atoms with Gasteiger partial charge in [0.05, 0.1) is 12.0 Å². The number of nitrogens with zero attached hydrogens (tertiary/aromatic N) is 1. The van der Waals surface area contributed by atoms with Crippen LogP contribution < -0.4 is 19.7 Å². The lowest BCUT2D eigenvalue weighted by atomic mass is 10.2. The lowest BCUT2D eigenvalue weighted by Crippen LogP contribution is -2.41. The Morgan fingerprint density at radius 1 is 0.935 bits per heavy atom. The highest BCUT2D eigenvalue weighted by Crippen LogP contribution is 2.17. The molecular formula is C23H25N3O4S. The van der Waals surface area contributed by atoms with Crippen LogP contribution in [0.4, 0.5) is 16.2 Å². The van der Waals surface area contributed by atoms with Gasteiger partial charge in [-0.05, 0) is 55.5 Å². The van der Waals surface area contributed by atoms with Crippen LogP contribution in [0, 0.1) is 6.92 Å². The van der Waals surface area contributed by atoms with Gasteiger partial charge in [-0.15, -0.1) is 0 Å². The number of hydrogen-bond acceptors (Lipinski definition) is 4. The Labute approximate surface area is 182 Å². The molecule has 0 heterocycles. The molecule has 2 amide bonds. The van der Waals surface area contributed by atoms with Gasteiger partial charge >= 0.3 is 6.03 Å². The summed E-state index contributed by atoms with van der Waals surface area (Å²) in [5.41, 5.74) is 2.41. The van der Waals surface area contributed by atoms with Crippen molar-refractivity contribution in [1.29, 1.82) is 0 Å². The minimum Gasteiger partial charge on any atom is -0.497 e. The van der Waals surface area contributed by atoms with E-state index in [1.165, 1.54) is 24.1 Å². The molecule has 0 radical (unpaired) electrons. The summed E-state index contributed by atoms with van der Waals surface area (Å²) in [6, 6.07) is 22.3. The number of amides is 2. The van der Waals surface area contributed by atoms with Gasteiger partial charge in [-0.2, -0.15) is 0 Å². The lowest BCUT2D eigenvalue weighted by Gasteiger charge is -2.23. The molecule has 162 valence electrons. The SMILES string of the molecule is COc1ccc(S(=O)(=O)NCCN(C(=O)Nc2ccc(C)cc2)c2ccccc2)cc1. The zero-order valence-corrected chi connectivity index (χ0v) is 18.2. The van der Waals surface area contributed by atoms with Gasteiger partial charge in [0.2, 0.25) is 10.0 Å². The van der Waals surface area contributed by atoms with Crippen LogP contribution in [0.25, 0.3) is 0 Å². The topological polar surface area (TPSA) is 87.7 Å². The van der Waals surface area contributed by atoms with E-state index in [1.807, 2.05) is 49.4 Å². The fraction of sp³-hybridized carbons (Fsp3) is 0.174. The van der Waals surface area contributed by atoms with Crippen molar-refractivity contribution >= 4 is 27.4 Å². The molecule has 31 heavy (non-hydrogen) atoms. The molecule has 3 aromatic carbocycles. The highest BCUT2D eigenvalue weighted by atomic mass is 32.2. The normalized spacial score (nSPS) is 11.0. The second kappa shape index (κ2) is 10.1. The number of anilines is 2. The van der Waals surface area contributed by atoms with Gasteiger partial charge < -0.3 is 10.1 Å². The number of rotatable bonds is 8. The van der Waals surface area contributed by atoms with E-state index in [4.69, 9.17) is 4.74 Å². The standard InChI is InChI=1S/C23H25N3O4S/c1-18-8-10-19(11-9-18)25-23(27)26(20-6-4-3-5-7-20)17-16-24-31(28,29)22-14-12-21(30-2)13-15-22/h3-15,24H,16-17H2,1-2H3,(H,25,27). The van der Waals surface area contributed by atoms with E-state index < -0.39 is 10.0 Å². The molecule has 0 fully saturated rings. The number of para-hydroxylation sites is 1. The van der Waals surface area contributed by atoms with E-state index in [0.29, 0.717) is 17.1 Å². The molecule has 0 bridgehead atoms. The number of nitrogens with one attached hydrogen (secondary N) is 2. The third kappa shape index (κ3) is 6.07. The predicted molar refractivity (Wildman–Crippen MR) is 122 cm³/mol. The third-order valence-corrected chi connectivity index (χ3v) is 6.09. The van der Waals surface area contributed by atoms with Crippen molar-refractivity contribution in [2.24, 2.45) is 0 Å². The zero-order chi connectivity index (χ0) is 22.3. The van der Waals surface area contributed by atoms with Crippen LogP contribution in [0.1, 0.15) is 5.56 Å². The molecule has 0 atom stereocenters. The van der Waals surface area contributed by atoms with Crippen LogP contribution >= 0.6 is 0 Å². The Morgan fingerprint density at radius 2 is 1.58 bits per heavy atom. The molecule has 0 spiro atoms. The second-order valence-electron chi connectivity index (χ2n) is 6.86. The average molecular weight is 440 g/mol. The maximum absolute atomic E-state index is 12.9. The number of methoxy groups -OCH3 is 1. The van der Waals surface area contributed by atoms with E-state index in [2.05, 4.69) is 10.0 Å². The molecule has 7 nitrogen and oxygen atoms in total. The predicted octanol–water partition coefficient (Wildman–Crippen LogP) is 4.02. The highest BCUT2D eigenvalue weighted by molar-refractivity contribution is 7.89. The molecule has 0 aliphatic rings. The molecule has 3 aromatic rings. The van der Waals surface area contributed by atoms with Gasteiger partial charge in [0.25, 0.3) is 0 Å². The molecule has 0 saturated heterocycles. The fourth-order valence-electron chi connectivity index (χ4n) is 2.91. The van der Waals surface area contributed by atoms with Crippen molar-refractivity contribution in [1.82, 2.24) is 4.72 Å². The molecule has 8 heteroatoms. The molecule has 0 saturated carbocycles. The smallest absolute Gasteiger partial charge is 0.326 e. The molecule has 2 N–H and O–H groups in total. The maximum atomic E-state index is 12.9. The number of urea groups is 1. The monoisotopic (exact) mass is 439 g/mol. The first-order valence-electron chi connectivity index (χ1n) is 9.73. The lowest BCUT2D eigenvalue weighted by molar-refractivity contribution is 0.257. The number of sulfonamides is 1. The van der Waals surface area contributed by atoms with Crippen LogP contribution in [0.3, 0.4) is 0 Å². The van der Waals surface area contributed by atoms with Crippen LogP contribution in [-0.2, 0) is 10.0 Å². The Balaban J connectivity index is 1.70. The summed E-state index contributed by atoms with van der Waals surface area (Å²) in [4.78, 5) is 14.5. The van der Waals surface area contributed by atoms with Crippen molar-refractivity contribution in [2.75, 3.05) is 30.4 Å². The average Bonchev–Trinajstić information content (AvgIpc) is 2.79. The Kier molecular flexibility index (Phi) is 7.28. The third-order valence-electron chi connectivity index (χ3n) is 4.61. The molecule has 0 aliphatic carbocycles. The van der Waals surface area contributed by atoms with Crippen molar-refractivity contribution < 1.29 is 17.9 Å². The number of hydrogen-bond donors (Lipinski definition) is 2. The summed E-state index contributed by atoms with van der Waals surface area (Å²) >= 11 is 0. The fourth-order valence-corrected chi connectivity index (χ4v) is 3.93. The number of carbonyl (C=O) groups excluding carboxylic acids is 1. The number of ether oxygens (including phenoxy) is 1. The van der Waals surface area contributed by atoms with Crippen LogP contribution in [0.15, 0.2) is 83.8 Å². The van der Waals surface area contributed by atoms with Gasteiger partial charge in [0.15, 0.2) is 0 Å². The summed E-state index contributed by atoms with van der Waals surface area (Å²) in [6.45, 7) is 2.17. The minimum absolute atomic E-state index is 0.0462. The van der Waals surface area contributed by atoms with Crippen molar-refractivity contribution in [3.63, 3.8) is 0 Å². The summed E-state index contributed by atoms with van der Waals surface area (Å²) in [5.74, 6) is 0.571. The maximum Gasteiger partial charge on any atom is 0.326 e. The molecule has 0 aromatic heterocycles. The largest absolute Gasteiger partial charge is 0.497 e. The quantitative estimate of drug-likeness (QED) is 0.555. The number of benzene rings is 3. The first-order valence-corrected chi connectivity index (χ1v) is 11.2. The number of carbonyl (C=O) groups is 1. The summed E-state index contributed by atoms with van der Waals surface area (Å²) in [5, 5.41) is 2.86. The van der Waals surface area contributed by atoms with Crippen molar-refractivity contribution in [2.45, 2.75) is 11.8 Å². The Morgan fingerprint density at radius 3 is 2.19 bits per heavy atom. The first-order chi connectivity index (χ1) is 14.9. The van der Waals surface area contributed by atoms with E-state index in [0.717, 1.165) is 5.56 Å². The highest BCUT2D eigenvalue weighted by Gasteiger charge is 2.18. The molecule has 0 unspecified atom stereocenters. The minimum atomic E-state index is -3.72. The van der Waals surface area contributed by atoms with E-state index in [-0.39, 0.29) is 24.0 Å².